The van der Waals surface area contributed by atoms with Crippen LogP contribution in [-0.4, -0.2) is 17.0 Å². The van der Waals surface area contributed by atoms with Crippen LogP contribution in [0.3, 0.4) is 0 Å². The van der Waals surface area contributed by atoms with Gasteiger partial charge in [0.2, 0.25) is 5.91 Å². The number of carboxylic acids is 1. The average molecular weight is 338 g/mol. The molecule has 114 valence electrons. The fourth-order valence-corrected chi connectivity index (χ4v) is 2.47. The molecule has 0 aliphatic heterocycles. The van der Waals surface area contributed by atoms with Crippen LogP contribution in [0.4, 0.5) is 5.69 Å². The highest BCUT2D eigenvalue weighted by molar-refractivity contribution is 6.36. The Morgan fingerprint density at radius 3 is 2.36 bits per heavy atom. The first-order valence-electron chi connectivity index (χ1n) is 6.50. The van der Waals surface area contributed by atoms with Crippen molar-refractivity contribution in [2.45, 2.75) is 12.3 Å². The van der Waals surface area contributed by atoms with Gasteiger partial charge in [0.05, 0.1) is 16.6 Å². The molecule has 0 radical (unpaired) electrons. The van der Waals surface area contributed by atoms with E-state index in [-0.39, 0.29) is 6.42 Å². The van der Waals surface area contributed by atoms with Crippen molar-refractivity contribution >= 4 is 40.8 Å². The SMILES string of the molecule is O=C(CC(C(=O)O)c1ccccc1)Nc1ccc(Cl)cc1Cl. The van der Waals surface area contributed by atoms with Crippen molar-refractivity contribution in [2.24, 2.45) is 0 Å². The van der Waals surface area contributed by atoms with Crippen molar-refractivity contribution < 1.29 is 14.7 Å². The topological polar surface area (TPSA) is 66.4 Å². The molecule has 0 spiro atoms. The number of carbonyl (C=O) groups is 2. The summed E-state index contributed by atoms with van der Waals surface area (Å²) in [4.78, 5) is 23.4. The lowest BCUT2D eigenvalue weighted by Gasteiger charge is -2.13. The van der Waals surface area contributed by atoms with Crippen LogP contribution in [0, 0.1) is 0 Å². The predicted molar refractivity (Wildman–Crippen MR) is 86.5 cm³/mol. The predicted octanol–water partition coefficient (Wildman–Crippen LogP) is 4.19. The number of hydrogen-bond acceptors (Lipinski definition) is 2. The Kier molecular flexibility index (Phi) is 5.41. The van der Waals surface area contributed by atoms with Crippen LogP contribution in [-0.2, 0) is 9.59 Å². The average Bonchev–Trinajstić information content (AvgIpc) is 2.48. The Morgan fingerprint density at radius 1 is 1.09 bits per heavy atom. The van der Waals surface area contributed by atoms with Crippen molar-refractivity contribution in [3.63, 3.8) is 0 Å². The molecule has 4 nitrogen and oxygen atoms in total. The summed E-state index contributed by atoms with van der Waals surface area (Å²) in [5, 5.41) is 12.7. The Labute approximate surface area is 137 Å². The summed E-state index contributed by atoms with van der Waals surface area (Å²) in [5.41, 5.74) is 0.973. The zero-order valence-corrected chi connectivity index (χ0v) is 12.9. The first-order valence-corrected chi connectivity index (χ1v) is 7.25. The summed E-state index contributed by atoms with van der Waals surface area (Å²) < 4.78 is 0. The molecule has 0 fully saturated rings. The van der Waals surface area contributed by atoms with E-state index < -0.39 is 17.8 Å². The van der Waals surface area contributed by atoms with Crippen molar-refractivity contribution in [1.82, 2.24) is 0 Å². The smallest absolute Gasteiger partial charge is 0.311 e. The van der Waals surface area contributed by atoms with Gasteiger partial charge in [0.1, 0.15) is 0 Å². The lowest BCUT2D eigenvalue weighted by molar-refractivity contribution is -0.140. The minimum absolute atomic E-state index is 0.182. The minimum atomic E-state index is -1.05. The monoisotopic (exact) mass is 337 g/mol. The molecule has 0 heterocycles. The second kappa shape index (κ2) is 7.29. The zero-order valence-electron chi connectivity index (χ0n) is 11.4. The molecule has 0 aliphatic rings. The van der Waals surface area contributed by atoms with Gasteiger partial charge in [0, 0.05) is 11.4 Å². The molecule has 1 unspecified atom stereocenters. The summed E-state index contributed by atoms with van der Waals surface area (Å²) in [7, 11) is 0. The maximum absolute atomic E-state index is 12.1. The molecule has 1 atom stereocenters. The Balaban J connectivity index is 2.10. The van der Waals surface area contributed by atoms with Crippen LogP contribution in [0.2, 0.25) is 10.0 Å². The third-order valence-electron chi connectivity index (χ3n) is 3.09. The number of hydrogen-bond donors (Lipinski definition) is 2. The van der Waals surface area contributed by atoms with Gasteiger partial charge < -0.3 is 10.4 Å². The lowest BCUT2D eigenvalue weighted by atomic mass is 9.95. The highest BCUT2D eigenvalue weighted by Gasteiger charge is 2.23. The number of amides is 1. The van der Waals surface area contributed by atoms with Gasteiger partial charge >= 0.3 is 5.97 Å². The molecule has 0 bridgehead atoms. The number of rotatable bonds is 5. The van der Waals surface area contributed by atoms with Gasteiger partial charge in [-0.25, -0.2) is 0 Å². The van der Waals surface area contributed by atoms with Gasteiger partial charge in [-0.2, -0.15) is 0 Å². The molecule has 0 saturated heterocycles. The summed E-state index contributed by atoms with van der Waals surface area (Å²) >= 11 is 11.8. The molecular formula is C16H13Cl2NO3. The molecule has 0 saturated carbocycles. The Hall–Kier alpha value is -2.04. The molecule has 1 amide bonds. The summed E-state index contributed by atoms with van der Waals surface area (Å²) in [6.45, 7) is 0. The number of aliphatic carboxylic acids is 1. The molecular weight excluding hydrogens is 325 g/mol. The van der Waals surface area contributed by atoms with Gasteiger partial charge in [-0.1, -0.05) is 53.5 Å². The number of carboxylic acid groups (broad SMARTS) is 1. The van der Waals surface area contributed by atoms with E-state index in [1.165, 1.54) is 6.07 Å². The first-order chi connectivity index (χ1) is 10.5. The Morgan fingerprint density at radius 2 is 1.77 bits per heavy atom. The van der Waals surface area contributed by atoms with Gasteiger partial charge in [0.15, 0.2) is 0 Å². The van der Waals surface area contributed by atoms with Gasteiger partial charge in [-0.15, -0.1) is 0 Å². The largest absolute Gasteiger partial charge is 0.481 e. The first kappa shape index (κ1) is 16.3. The molecule has 6 heteroatoms. The number of benzene rings is 2. The standard InChI is InChI=1S/C16H13Cl2NO3/c17-11-6-7-14(13(18)8-11)19-15(20)9-12(16(21)22)10-4-2-1-3-5-10/h1-8,12H,9H2,(H,19,20)(H,21,22). The molecule has 22 heavy (non-hydrogen) atoms. The maximum atomic E-state index is 12.1. The number of halogens is 2. The fraction of sp³-hybridized carbons (Fsp3) is 0.125. The molecule has 2 aromatic carbocycles. The fourth-order valence-electron chi connectivity index (χ4n) is 2.01. The van der Waals surface area contributed by atoms with Crippen molar-refractivity contribution in [3.05, 3.63) is 64.1 Å². The highest BCUT2D eigenvalue weighted by Crippen LogP contribution is 2.26. The van der Waals surface area contributed by atoms with E-state index in [1.807, 2.05) is 0 Å². The highest BCUT2D eigenvalue weighted by atomic mass is 35.5. The third-order valence-corrected chi connectivity index (χ3v) is 3.64. The summed E-state index contributed by atoms with van der Waals surface area (Å²) in [6.07, 6.45) is -0.182. The van der Waals surface area contributed by atoms with Crippen LogP contribution in [0.15, 0.2) is 48.5 Å². The molecule has 2 aromatic rings. The Bertz CT molecular complexity index is 689. The van der Waals surface area contributed by atoms with Crippen molar-refractivity contribution in [2.75, 3.05) is 5.32 Å². The van der Waals surface area contributed by atoms with Crippen LogP contribution < -0.4 is 5.32 Å². The second-order valence-electron chi connectivity index (χ2n) is 4.68. The minimum Gasteiger partial charge on any atom is -0.481 e. The van der Waals surface area contributed by atoms with E-state index in [4.69, 9.17) is 23.2 Å². The van der Waals surface area contributed by atoms with E-state index in [2.05, 4.69) is 5.32 Å². The van der Waals surface area contributed by atoms with E-state index >= 15 is 0 Å². The summed E-state index contributed by atoms with van der Waals surface area (Å²) in [5.74, 6) is -2.39. The van der Waals surface area contributed by atoms with Gasteiger partial charge in [-0.3, -0.25) is 9.59 Å². The van der Waals surface area contributed by atoms with Gasteiger partial charge in [0.25, 0.3) is 0 Å². The molecule has 0 aliphatic carbocycles. The molecule has 2 N–H and O–H groups in total. The van der Waals surface area contributed by atoms with E-state index in [0.717, 1.165) is 0 Å². The van der Waals surface area contributed by atoms with Crippen molar-refractivity contribution in [3.8, 4) is 0 Å². The summed E-state index contributed by atoms with van der Waals surface area (Å²) in [6, 6.07) is 13.3. The molecule has 2 rings (SSSR count). The second-order valence-corrected chi connectivity index (χ2v) is 5.52. The normalized spacial score (nSPS) is 11.7. The van der Waals surface area contributed by atoms with Crippen LogP contribution in [0.1, 0.15) is 17.9 Å². The van der Waals surface area contributed by atoms with E-state index in [0.29, 0.717) is 21.3 Å². The van der Waals surface area contributed by atoms with Crippen LogP contribution in [0.5, 0.6) is 0 Å². The number of anilines is 1. The van der Waals surface area contributed by atoms with E-state index in [9.17, 15) is 14.7 Å². The van der Waals surface area contributed by atoms with Crippen molar-refractivity contribution in [1.29, 1.82) is 0 Å². The quantitative estimate of drug-likeness (QED) is 0.859. The third kappa shape index (κ3) is 4.23. The van der Waals surface area contributed by atoms with Crippen LogP contribution in [0.25, 0.3) is 0 Å². The van der Waals surface area contributed by atoms with Gasteiger partial charge in [-0.05, 0) is 23.8 Å². The zero-order chi connectivity index (χ0) is 16.1. The maximum Gasteiger partial charge on any atom is 0.311 e. The number of nitrogens with one attached hydrogen (secondary N) is 1. The lowest BCUT2D eigenvalue weighted by Crippen LogP contribution is -2.21. The van der Waals surface area contributed by atoms with E-state index in [1.54, 1.807) is 42.5 Å². The van der Waals surface area contributed by atoms with Crippen LogP contribution >= 0.6 is 23.2 Å². The molecule has 0 aromatic heterocycles. The number of carbonyl (C=O) groups excluding carboxylic acids is 1.